The van der Waals surface area contributed by atoms with Crippen molar-refractivity contribution in [2.75, 3.05) is 25.6 Å². The summed E-state index contributed by atoms with van der Waals surface area (Å²) in [6, 6.07) is 9.45. The number of carbonyl (C=O) groups excluding carboxylic acids is 1. The van der Waals surface area contributed by atoms with Crippen molar-refractivity contribution in [2.45, 2.75) is 13.3 Å². The zero-order valence-corrected chi connectivity index (χ0v) is 11.5. The van der Waals surface area contributed by atoms with Gasteiger partial charge in [0.1, 0.15) is 11.6 Å². The second-order valence-corrected chi connectivity index (χ2v) is 4.29. The first kappa shape index (κ1) is 14.8. The van der Waals surface area contributed by atoms with Gasteiger partial charge >= 0.3 is 5.97 Å². The maximum absolute atomic E-state index is 11.6. The Kier molecular flexibility index (Phi) is 5.62. The van der Waals surface area contributed by atoms with Crippen LogP contribution in [-0.4, -0.2) is 26.7 Å². The van der Waals surface area contributed by atoms with Crippen molar-refractivity contribution in [3.05, 3.63) is 35.4 Å². The molecule has 0 bridgehead atoms. The lowest BCUT2D eigenvalue weighted by atomic mass is 10.1. The van der Waals surface area contributed by atoms with Crippen molar-refractivity contribution in [1.82, 2.24) is 0 Å². The molecule has 1 rings (SSSR count). The first-order valence-corrected chi connectivity index (χ1v) is 6.14. The maximum atomic E-state index is 11.6. The lowest BCUT2D eigenvalue weighted by Gasteiger charge is -2.11. The SMILES string of the molecule is CCCOC(=O)C(C#N)=Cc1ccc(N(C)C)cc1. The minimum absolute atomic E-state index is 0.0195. The van der Waals surface area contributed by atoms with Crippen LogP contribution in [0.3, 0.4) is 0 Å². The highest BCUT2D eigenvalue weighted by atomic mass is 16.5. The predicted octanol–water partition coefficient (Wildman–Crippen LogP) is 2.61. The lowest BCUT2D eigenvalue weighted by molar-refractivity contribution is -0.138. The van der Waals surface area contributed by atoms with E-state index in [1.807, 2.05) is 56.3 Å². The number of nitriles is 1. The molecule has 0 aliphatic rings. The molecule has 0 unspecified atom stereocenters. The molecule has 0 spiro atoms. The van der Waals surface area contributed by atoms with Crippen LogP contribution in [0, 0.1) is 11.3 Å². The van der Waals surface area contributed by atoms with E-state index in [9.17, 15) is 4.79 Å². The molecule has 4 nitrogen and oxygen atoms in total. The van der Waals surface area contributed by atoms with E-state index < -0.39 is 5.97 Å². The van der Waals surface area contributed by atoms with Gasteiger partial charge < -0.3 is 9.64 Å². The monoisotopic (exact) mass is 258 g/mol. The van der Waals surface area contributed by atoms with E-state index in [4.69, 9.17) is 10.00 Å². The van der Waals surface area contributed by atoms with Gasteiger partial charge in [0.25, 0.3) is 0 Å². The van der Waals surface area contributed by atoms with Gasteiger partial charge in [-0.1, -0.05) is 19.1 Å². The Bertz CT molecular complexity index is 496. The number of nitrogens with zero attached hydrogens (tertiary/aromatic N) is 2. The molecular formula is C15H18N2O2. The molecule has 1 aromatic carbocycles. The summed E-state index contributed by atoms with van der Waals surface area (Å²) >= 11 is 0. The summed E-state index contributed by atoms with van der Waals surface area (Å²) in [5, 5.41) is 8.97. The second kappa shape index (κ2) is 7.22. The summed E-state index contributed by atoms with van der Waals surface area (Å²) in [5.74, 6) is -0.568. The molecule has 0 amide bonds. The molecule has 100 valence electrons. The molecule has 19 heavy (non-hydrogen) atoms. The lowest BCUT2D eigenvalue weighted by Crippen LogP contribution is -2.08. The Hall–Kier alpha value is -2.28. The van der Waals surface area contributed by atoms with Gasteiger partial charge in [0.05, 0.1) is 6.61 Å². The average Bonchev–Trinajstić information content (AvgIpc) is 2.42. The number of rotatable bonds is 5. The van der Waals surface area contributed by atoms with Crippen LogP contribution in [0.15, 0.2) is 29.8 Å². The molecule has 1 aromatic rings. The topological polar surface area (TPSA) is 53.3 Å². The molecule has 0 aliphatic carbocycles. The standard InChI is InChI=1S/C15H18N2O2/c1-4-9-19-15(18)13(11-16)10-12-5-7-14(8-6-12)17(2)3/h5-8,10H,4,9H2,1-3H3. The van der Waals surface area contributed by atoms with Crippen LogP contribution in [-0.2, 0) is 9.53 Å². The second-order valence-electron chi connectivity index (χ2n) is 4.29. The molecule has 0 N–H and O–H groups in total. The number of hydrogen-bond donors (Lipinski definition) is 0. The number of anilines is 1. The molecule has 0 aliphatic heterocycles. The average molecular weight is 258 g/mol. The van der Waals surface area contributed by atoms with E-state index in [1.165, 1.54) is 6.08 Å². The van der Waals surface area contributed by atoms with Crippen molar-refractivity contribution in [2.24, 2.45) is 0 Å². The van der Waals surface area contributed by atoms with Crippen molar-refractivity contribution in [3.63, 3.8) is 0 Å². The molecule has 0 atom stereocenters. The maximum Gasteiger partial charge on any atom is 0.348 e. The molecule has 0 saturated carbocycles. The van der Waals surface area contributed by atoms with Crippen molar-refractivity contribution in [3.8, 4) is 6.07 Å². The number of carbonyl (C=O) groups is 1. The van der Waals surface area contributed by atoms with Gasteiger partial charge in [-0.15, -0.1) is 0 Å². The Labute approximate surface area is 113 Å². The largest absolute Gasteiger partial charge is 0.462 e. The molecule has 4 heteroatoms. The normalized spacial score (nSPS) is 10.7. The third-order valence-corrected chi connectivity index (χ3v) is 2.50. The van der Waals surface area contributed by atoms with E-state index >= 15 is 0 Å². The minimum Gasteiger partial charge on any atom is -0.462 e. The minimum atomic E-state index is -0.568. The fourth-order valence-corrected chi connectivity index (χ4v) is 1.44. The van der Waals surface area contributed by atoms with E-state index in [0.717, 1.165) is 17.7 Å². The molecule has 0 radical (unpaired) electrons. The quantitative estimate of drug-likeness (QED) is 0.463. The smallest absolute Gasteiger partial charge is 0.348 e. The van der Waals surface area contributed by atoms with Gasteiger partial charge in [-0.25, -0.2) is 4.79 Å². The molecule has 0 heterocycles. The third-order valence-electron chi connectivity index (χ3n) is 2.50. The summed E-state index contributed by atoms with van der Waals surface area (Å²) in [5.41, 5.74) is 1.88. The molecule has 0 fully saturated rings. The van der Waals surface area contributed by atoms with Crippen LogP contribution in [0.1, 0.15) is 18.9 Å². The Balaban J connectivity index is 2.86. The summed E-state index contributed by atoms with van der Waals surface area (Å²) in [6.07, 6.45) is 2.28. The van der Waals surface area contributed by atoms with E-state index in [1.54, 1.807) is 0 Å². The Morgan fingerprint density at radius 2 is 2.00 bits per heavy atom. The first-order chi connectivity index (χ1) is 9.08. The fourth-order valence-electron chi connectivity index (χ4n) is 1.44. The molecular weight excluding hydrogens is 240 g/mol. The fraction of sp³-hybridized carbons (Fsp3) is 0.333. The highest BCUT2D eigenvalue weighted by Gasteiger charge is 2.09. The highest BCUT2D eigenvalue weighted by Crippen LogP contribution is 2.15. The van der Waals surface area contributed by atoms with Gasteiger partial charge in [-0.05, 0) is 30.2 Å². The van der Waals surface area contributed by atoms with Crippen LogP contribution in [0.2, 0.25) is 0 Å². The van der Waals surface area contributed by atoms with E-state index in [-0.39, 0.29) is 5.57 Å². The summed E-state index contributed by atoms with van der Waals surface area (Å²) in [6.45, 7) is 2.24. The number of benzene rings is 1. The van der Waals surface area contributed by atoms with Crippen LogP contribution in [0.4, 0.5) is 5.69 Å². The van der Waals surface area contributed by atoms with Crippen molar-refractivity contribution < 1.29 is 9.53 Å². The van der Waals surface area contributed by atoms with Crippen LogP contribution in [0.5, 0.6) is 0 Å². The van der Waals surface area contributed by atoms with E-state index in [0.29, 0.717) is 6.61 Å². The predicted molar refractivity (Wildman–Crippen MR) is 75.6 cm³/mol. The summed E-state index contributed by atoms with van der Waals surface area (Å²) in [7, 11) is 3.90. The third kappa shape index (κ3) is 4.47. The van der Waals surface area contributed by atoms with Crippen molar-refractivity contribution in [1.29, 1.82) is 5.26 Å². The van der Waals surface area contributed by atoms with Gasteiger partial charge in [-0.3, -0.25) is 0 Å². The zero-order valence-electron chi connectivity index (χ0n) is 11.5. The van der Waals surface area contributed by atoms with Gasteiger partial charge in [0.2, 0.25) is 0 Å². The Morgan fingerprint density at radius 3 is 2.47 bits per heavy atom. The number of ether oxygens (including phenoxy) is 1. The van der Waals surface area contributed by atoms with Gasteiger partial charge in [0.15, 0.2) is 0 Å². The Morgan fingerprint density at radius 1 is 1.37 bits per heavy atom. The zero-order chi connectivity index (χ0) is 14.3. The van der Waals surface area contributed by atoms with Crippen LogP contribution >= 0.6 is 0 Å². The van der Waals surface area contributed by atoms with E-state index in [2.05, 4.69) is 0 Å². The number of esters is 1. The van der Waals surface area contributed by atoms with Gasteiger partial charge in [0, 0.05) is 19.8 Å². The summed E-state index contributed by atoms with van der Waals surface area (Å²) in [4.78, 5) is 13.6. The van der Waals surface area contributed by atoms with Crippen LogP contribution < -0.4 is 4.90 Å². The van der Waals surface area contributed by atoms with Crippen LogP contribution in [0.25, 0.3) is 6.08 Å². The number of hydrogen-bond acceptors (Lipinski definition) is 4. The first-order valence-electron chi connectivity index (χ1n) is 6.14. The molecule has 0 saturated heterocycles. The van der Waals surface area contributed by atoms with Gasteiger partial charge in [-0.2, -0.15) is 5.26 Å². The van der Waals surface area contributed by atoms with Crippen molar-refractivity contribution >= 4 is 17.7 Å². The summed E-state index contributed by atoms with van der Waals surface area (Å²) < 4.78 is 4.94. The molecule has 0 aromatic heterocycles. The highest BCUT2D eigenvalue weighted by molar-refractivity contribution is 5.97.